The number of thiophene rings is 1. The van der Waals surface area contributed by atoms with Gasteiger partial charge >= 0.3 is 0 Å². The minimum atomic E-state index is -3.76. The first-order valence-electron chi connectivity index (χ1n) is 11.3. The molecule has 2 aromatic rings. The van der Waals surface area contributed by atoms with Crippen LogP contribution in [0.25, 0.3) is 0 Å². The average molecular weight is 510 g/mol. The number of β-amino-alcohol motifs (C(OH)–C–C–N with tert-alkyl or cyclic N) is 1. The lowest BCUT2D eigenvalue weighted by molar-refractivity contribution is 0.0963. The molecule has 0 unspecified atom stereocenters. The van der Waals surface area contributed by atoms with Crippen LogP contribution in [0.1, 0.15) is 41.3 Å². The molecule has 1 amide bonds. The lowest BCUT2D eigenvalue weighted by atomic mass is 10.1. The van der Waals surface area contributed by atoms with Crippen LogP contribution in [0.4, 0.5) is 5.69 Å². The fourth-order valence-electron chi connectivity index (χ4n) is 4.07. The van der Waals surface area contributed by atoms with Gasteiger partial charge in [-0.2, -0.15) is 14.7 Å². The number of carbonyl (C=O) groups is 1. The van der Waals surface area contributed by atoms with Gasteiger partial charge in [-0.05, 0) is 13.3 Å². The van der Waals surface area contributed by atoms with Crippen LogP contribution >= 0.6 is 11.3 Å². The molecule has 1 fully saturated rings. The summed E-state index contributed by atoms with van der Waals surface area (Å²) in [5.41, 5.74) is 1.53. The molecule has 11 nitrogen and oxygen atoms in total. The molecule has 0 atom stereocenters. The second kappa shape index (κ2) is 10.1. The van der Waals surface area contributed by atoms with Gasteiger partial charge in [0, 0.05) is 45.8 Å². The maximum absolute atomic E-state index is 13.4. The molecule has 0 spiro atoms. The van der Waals surface area contributed by atoms with Crippen molar-refractivity contribution in [3.8, 4) is 5.75 Å². The van der Waals surface area contributed by atoms with Crippen LogP contribution in [0.5, 0.6) is 5.75 Å². The largest absolute Gasteiger partial charge is 0.492 e. The molecule has 0 bridgehead atoms. The lowest BCUT2D eigenvalue weighted by Crippen LogP contribution is -2.49. The second-order valence-corrected chi connectivity index (χ2v) is 11.2. The number of aliphatic hydroxyl groups excluding tert-OH is 1. The number of nitrogens with zero attached hydrogens (tertiary/aromatic N) is 6. The second-order valence-electron chi connectivity index (χ2n) is 8.03. The molecule has 2 aromatic heterocycles. The minimum absolute atomic E-state index is 0.0434. The number of aliphatic imine (C=N–C) groups is 1. The van der Waals surface area contributed by atoms with E-state index in [0.717, 1.165) is 17.8 Å². The lowest BCUT2D eigenvalue weighted by Gasteiger charge is -2.33. The summed E-state index contributed by atoms with van der Waals surface area (Å²) < 4.78 is 35.5. The van der Waals surface area contributed by atoms with Crippen molar-refractivity contribution in [2.45, 2.75) is 30.9 Å². The molecule has 4 heterocycles. The van der Waals surface area contributed by atoms with Crippen molar-refractivity contribution in [2.75, 3.05) is 45.9 Å². The van der Waals surface area contributed by atoms with Gasteiger partial charge in [-0.25, -0.2) is 13.4 Å². The Kier molecular flexibility index (Phi) is 7.38. The molecule has 2 aliphatic rings. The molecule has 1 saturated heterocycles. The van der Waals surface area contributed by atoms with Gasteiger partial charge in [0.05, 0.1) is 18.9 Å². The van der Waals surface area contributed by atoms with Gasteiger partial charge in [0.25, 0.3) is 15.9 Å². The number of fused-ring (bicyclic) bond motifs is 1. The van der Waals surface area contributed by atoms with Crippen LogP contribution in [-0.4, -0.2) is 90.2 Å². The number of rotatable bonds is 9. The highest BCUT2D eigenvalue weighted by Gasteiger charge is 2.35. The van der Waals surface area contributed by atoms with Gasteiger partial charge in [0.15, 0.2) is 11.5 Å². The summed E-state index contributed by atoms with van der Waals surface area (Å²) in [6.45, 7) is 6.50. The first kappa shape index (κ1) is 24.8. The number of sulfonamides is 1. The number of aryl methyl sites for hydroxylation is 2. The summed E-state index contributed by atoms with van der Waals surface area (Å²) in [7, 11) is -2.07. The number of piperazine rings is 1. The fourth-order valence-corrected chi connectivity index (χ4v) is 6.98. The zero-order valence-electron chi connectivity index (χ0n) is 19.5. The highest BCUT2D eigenvalue weighted by Crippen LogP contribution is 2.38. The number of ether oxygens (including phenoxy) is 1. The van der Waals surface area contributed by atoms with E-state index in [0.29, 0.717) is 73.5 Å². The first-order chi connectivity index (χ1) is 16.3. The van der Waals surface area contributed by atoms with Gasteiger partial charge in [0.1, 0.15) is 20.5 Å². The average Bonchev–Trinajstić information content (AvgIpc) is 3.37. The summed E-state index contributed by atoms with van der Waals surface area (Å²) in [6.07, 6.45) is 1.51. The van der Waals surface area contributed by atoms with Gasteiger partial charge in [0.2, 0.25) is 0 Å². The van der Waals surface area contributed by atoms with Crippen molar-refractivity contribution in [1.82, 2.24) is 24.3 Å². The smallest absolute Gasteiger partial charge is 0.299 e. The molecular weight excluding hydrogens is 480 g/mol. The van der Waals surface area contributed by atoms with Gasteiger partial charge in [-0.1, -0.05) is 13.3 Å². The van der Waals surface area contributed by atoms with Gasteiger partial charge < -0.3 is 9.84 Å². The molecule has 4 rings (SSSR count). The topological polar surface area (TPSA) is 131 Å². The third-order valence-corrected chi connectivity index (χ3v) is 9.19. The van der Waals surface area contributed by atoms with Crippen LogP contribution in [0.15, 0.2) is 15.3 Å². The normalized spacial score (nSPS) is 17.4. The monoisotopic (exact) mass is 509 g/mol. The Morgan fingerprint density at radius 3 is 2.59 bits per heavy atom. The van der Waals surface area contributed by atoms with Crippen LogP contribution in [0.3, 0.4) is 0 Å². The van der Waals surface area contributed by atoms with Crippen LogP contribution in [-0.2, 0) is 23.5 Å². The highest BCUT2D eigenvalue weighted by atomic mass is 32.2. The Morgan fingerprint density at radius 2 is 1.94 bits per heavy atom. The highest BCUT2D eigenvalue weighted by molar-refractivity contribution is 7.91. The third kappa shape index (κ3) is 4.62. The molecule has 13 heteroatoms. The molecular formula is C21H29N6O5S2. The summed E-state index contributed by atoms with van der Waals surface area (Å²) in [4.78, 5) is 19.9. The SMILES string of the molecule is CCCc1nn(C)c2c1N=C(c1sc(S(=O)(=O)N3CCN(CCO)CC3)cc1OCC)[N]C2=O. The predicted octanol–water partition coefficient (Wildman–Crippen LogP) is 0.968. The minimum Gasteiger partial charge on any atom is -0.492 e. The van der Waals surface area contributed by atoms with Crippen LogP contribution < -0.4 is 10.1 Å². The molecule has 185 valence electrons. The number of aromatic nitrogens is 2. The van der Waals surface area contributed by atoms with Gasteiger partial charge in [-0.15, -0.1) is 11.3 Å². The summed E-state index contributed by atoms with van der Waals surface area (Å²) in [5.74, 6) is 0.0211. The number of aliphatic hydroxyl groups is 1. The van der Waals surface area contributed by atoms with Crippen molar-refractivity contribution in [3.63, 3.8) is 0 Å². The zero-order chi connectivity index (χ0) is 24.5. The summed E-state index contributed by atoms with van der Waals surface area (Å²) in [5, 5.41) is 17.7. The van der Waals surface area contributed by atoms with E-state index >= 15 is 0 Å². The van der Waals surface area contributed by atoms with E-state index in [1.54, 1.807) is 14.0 Å². The van der Waals surface area contributed by atoms with Gasteiger partial charge in [-0.3, -0.25) is 14.4 Å². The first-order valence-corrected chi connectivity index (χ1v) is 13.6. The Morgan fingerprint density at radius 1 is 1.21 bits per heavy atom. The van der Waals surface area contributed by atoms with Crippen LogP contribution in [0, 0.1) is 0 Å². The molecule has 0 aliphatic carbocycles. The Balaban J connectivity index is 1.69. The number of amidine groups is 1. The van der Waals surface area contributed by atoms with Crippen molar-refractivity contribution < 1.29 is 23.1 Å². The Bertz CT molecular complexity index is 1190. The van der Waals surface area contributed by atoms with E-state index < -0.39 is 15.9 Å². The standard InChI is InChI=1S/C21H29N6O5S2/c1-4-6-14-17-18(25(3)24-14)21(29)23-20(22-17)19-15(32-5-2)13-16(33-19)34(30,31)27-9-7-26(8-10-27)11-12-28/h13,28H,4-12H2,1-3H3. The number of carbonyl (C=O) groups excluding carboxylic acids is 1. The summed E-state index contributed by atoms with van der Waals surface area (Å²) in [6, 6.07) is 1.49. The third-order valence-electron chi connectivity index (χ3n) is 5.73. The molecule has 1 radical (unpaired) electrons. The van der Waals surface area contributed by atoms with E-state index in [1.165, 1.54) is 15.1 Å². The van der Waals surface area contributed by atoms with Crippen LogP contribution in [0.2, 0.25) is 0 Å². The molecule has 0 aromatic carbocycles. The fraction of sp³-hybridized carbons (Fsp3) is 0.571. The zero-order valence-corrected chi connectivity index (χ0v) is 21.2. The van der Waals surface area contributed by atoms with Crippen molar-refractivity contribution in [2.24, 2.45) is 12.0 Å². The van der Waals surface area contributed by atoms with E-state index in [2.05, 4.69) is 15.4 Å². The maximum atomic E-state index is 13.4. The summed E-state index contributed by atoms with van der Waals surface area (Å²) >= 11 is 1.01. The molecule has 0 saturated carbocycles. The number of amides is 1. The maximum Gasteiger partial charge on any atom is 0.299 e. The van der Waals surface area contributed by atoms with E-state index in [4.69, 9.17) is 9.84 Å². The number of hydrogen-bond acceptors (Lipinski definition) is 9. The van der Waals surface area contributed by atoms with E-state index in [-0.39, 0.29) is 16.7 Å². The van der Waals surface area contributed by atoms with E-state index in [1.807, 2.05) is 11.8 Å². The van der Waals surface area contributed by atoms with Crippen molar-refractivity contribution >= 4 is 38.8 Å². The van der Waals surface area contributed by atoms with Crippen molar-refractivity contribution in [3.05, 3.63) is 22.3 Å². The molecule has 34 heavy (non-hydrogen) atoms. The predicted molar refractivity (Wildman–Crippen MR) is 128 cm³/mol. The Labute approximate surface area is 203 Å². The Hall–Kier alpha value is -2.32. The van der Waals surface area contributed by atoms with E-state index in [9.17, 15) is 13.2 Å². The molecule has 2 aliphatic heterocycles. The van der Waals surface area contributed by atoms with Crippen molar-refractivity contribution in [1.29, 1.82) is 0 Å². The molecule has 1 N–H and O–H groups in total. The number of hydrogen-bond donors (Lipinski definition) is 1. The quantitative estimate of drug-likeness (QED) is 0.533.